The van der Waals surface area contributed by atoms with E-state index in [9.17, 15) is 4.79 Å². The van der Waals surface area contributed by atoms with E-state index in [0.717, 1.165) is 24.1 Å². The number of carbonyl (C=O) groups is 1. The normalized spacial score (nSPS) is 18.8. The minimum Gasteiger partial charge on any atom is -0.350 e. The summed E-state index contributed by atoms with van der Waals surface area (Å²) in [6.07, 6.45) is 4.04. The Balaban J connectivity index is 1.94. The molecule has 3 N–H and O–H groups in total. The van der Waals surface area contributed by atoms with Crippen LogP contribution >= 0.6 is 0 Å². The second kappa shape index (κ2) is 4.14. The van der Waals surface area contributed by atoms with Gasteiger partial charge in [-0.15, -0.1) is 0 Å². The first-order valence-electron chi connectivity index (χ1n) is 5.97. The lowest BCUT2D eigenvalue weighted by Gasteiger charge is -2.22. The molecule has 1 unspecified atom stereocenters. The zero-order valence-electron chi connectivity index (χ0n) is 10.7. The summed E-state index contributed by atoms with van der Waals surface area (Å²) in [6.45, 7) is 4.25. The van der Waals surface area contributed by atoms with Crippen LogP contribution in [0.2, 0.25) is 0 Å². The molecule has 0 spiro atoms. The van der Waals surface area contributed by atoms with Gasteiger partial charge in [0.05, 0.1) is 11.2 Å². The maximum Gasteiger partial charge on any atom is 0.240 e. The molecule has 1 aromatic heterocycles. The maximum atomic E-state index is 12.0. The second-order valence-electron chi connectivity index (χ2n) is 5.15. The van der Waals surface area contributed by atoms with Crippen LogP contribution in [0.4, 0.5) is 0 Å². The number of nitrogens with two attached hydrogens (primary N) is 1. The Hall–Kier alpha value is -1.36. The molecule has 1 fully saturated rings. The lowest BCUT2D eigenvalue weighted by atomic mass is 9.96. The molecule has 1 aliphatic rings. The van der Waals surface area contributed by atoms with Crippen LogP contribution in [0, 0.1) is 12.8 Å². The third-order valence-corrected chi connectivity index (χ3v) is 3.47. The van der Waals surface area contributed by atoms with Crippen LogP contribution in [0.25, 0.3) is 0 Å². The first-order valence-corrected chi connectivity index (χ1v) is 5.97. The highest BCUT2D eigenvalue weighted by atomic mass is 16.2. The number of carbonyl (C=O) groups excluding carboxylic acids is 1. The van der Waals surface area contributed by atoms with Crippen LogP contribution in [0.15, 0.2) is 6.20 Å². The lowest BCUT2D eigenvalue weighted by molar-refractivity contribution is -0.126. The van der Waals surface area contributed by atoms with Crippen molar-refractivity contribution in [3.8, 4) is 0 Å². The van der Waals surface area contributed by atoms with Crippen molar-refractivity contribution in [3.63, 3.8) is 0 Å². The number of amides is 1. The molecule has 17 heavy (non-hydrogen) atoms. The van der Waals surface area contributed by atoms with Crippen LogP contribution in [-0.2, 0) is 18.4 Å². The quantitative estimate of drug-likeness (QED) is 0.798. The summed E-state index contributed by atoms with van der Waals surface area (Å²) in [5, 5.41) is 7.13. The topological polar surface area (TPSA) is 72.9 Å². The van der Waals surface area contributed by atoms with Crippen molar-refractivity contribution in [1.82, 2.24) is 15.1 Å². The van der Waals surface area contributed by atoms with Gasteiger partial charge < -0.3 is 11.1 Å². The Kier molecular flexibility index (Phi) is 2.95. The van der Waals surface area contributed by atoms with Crippen LogP contribution < -0.4 is 11.1 Å². The molecule has 2 rings (SSSR count). The smallest absolute Gasteiger partial charge is 0.240 e. The molecule has 0 saturated heterocycles. The van der Waals surface area contributed by atoms with Crippen molar-refractivity contribution in [2.75, 3.05) is 0 Å². The molecular formula is C12H20N4O. The van der Waals surface area contributed by atoms with Crippen LogP contribution in [0.1, 0.15) is 31.0 Å². The van der Waals surface area contributed by atoms with E-state index < -0.39 is 5.54 Å². The fraction of sp³-hybridized carbons (Fsp3) is 0.667. The lowest BCUT2D eigenvalue weighted by Crippen LogP contribution is -2.53. The molecular weight excluding hydrogens is 216 g/mol. The van der Waals surface area contributed by atoms with Crippen LogP contribution in [0.3, 0.4) is 0 Å². The average molecular weight is 236 g/mol. The highest BCUT2D eigenvalue weighted by Gasteiger charge is 2.43. The highest BCUT2D eigenvalue weighted by Crippen LogP contribution is 2.38. The van der Waals surface area contributed by atoms with Gasteiger partial charge in [-0.1, -0.05) is 0 Å². The molecule has 1 aromatic rings. The molecule has 1 aliphatic carbocycles. The number of rotatable bonds is 4. The van der Waals surface area contributed by atoms with Gasteiger partial charge in [0.1, 0.15) is 0 Å². The van der Waals surface area contributed by atoms with E-state index in [1.54, 1.807) is 4.68 Å². The SMILES string of the molecule is Cc1nn(C)cc1CNC(=O)C(C)(N)C1CC1. The van der Waals surface area contributed by atoms with E-state index in [4.69, 9.17) is 5.73 Å². The Morgan fingerprint density at radius 2 is 2.35 bits per heavy atom. The van der Waals surface area contributed by atoms with E-state index in [-0.39, 0.29) is 5.91 Å². The monoisotopic (exact) mass is 236 g/mol. The van der Waals surface area contributed by atoms with E-state index >= 15 is 0 Å². The minimum atomic E-state index is -0.726. The van der Waals surface area contributed by atoms with Gasteiger partial charge in [-0.2, -0.15) is 5.10 Å². The van der Waals surface area contributed by atoms with E-state index in [1.165, 1.54) is 0 Å². The molecule has 5 nitrogen and oxygen atoms in total. The van der Waals surface area contributed by atoms with Gasteiger partial charge >= 0.3 is 0 Å². The number of hydrogen-bond donors (Lipinski definition) is 2. The summed E-state index contributed by atoms with van der Waals surface area (Å²) in [7, 11) is 1.87. The van der Waals surface area contributed by atoms with Crippen molar-refractivity contribution < 1.29 is 4.79 Å². The van der Waals surface area contributed by atoms with Crippen molar-refractivity contribution in [1.29, 1.82) is 0 Å². The van der Waals surface area contributed by atoms with Gasteiger partial charge in [0, 0.05) is 25.4 Å². The first-order chi connectivity index (χ1) is 7.91. The van der Waals surface area contributed by atoms with Crippen LogP contribution in [-0.4, -0.2) is 21.2 Å². The number of nitrogens with one attached hydrogen (secondary N) is 1. The Bertz CT molecular complexity index is 432. The average Bonchev–Trinajstić information content (AvgIpc) is 3.03. The van der Waals surface area contributed by atoms with E-state index in [1.807, 2.05) is 27.1 Å². The van der Waals surface area contributed by atoms with Crippen molar-refractivity contribution in [2.45, 2.75) is 38.8 Å². The van der Waals surface area contributed by atoms with Gasteiger partial charge in [0.15, 0.2) is 0 Å². The Morgan fingerprint density at radius 3 is 2.82 bits per heavy atom. The zero-order chi connectivity index (χ0) is 12.6. The molecule has 1 amide bonds. The molecule has 0 aromatic carbocycles. The predicted octanol–water partition coefficient (Wildman–Crippen LogP) is 0.472. The molecule has 0 radical (unpaired) electrons. The number of hydrogen-bond acceptors (Lipinski definition) is 3. The van der Waals surface area contributed by atoms with Gasteiger partial charge in [-0.3, -0.25) is 9.48 Å². The molecule has 94 valence electrons. The van der Waals surface area contributed by atoms with Gasteiger partial charge in [-0.25, -0.2) is 0 Å². The number of aryl methyl sites for hydroxylation is 2. The fourth-order valence-corrected chi connectivity index (χ4v) is 2.06. The van der Waals surface area contributed by atoms with Crippen molar-refractivity contribution in [3.05, 3.63) is 17.5 Å². The maximum absolute atomic E-state index is 12.0. The predicted molar refractivity (Wildman–Crippen MR) is 65.1 cm³/mol. The molecule has 1 heterocycles. The number of aromatic nitrogens is 2. The molecule has 5 heteroatoms. The summed E-state index contributed by atoms with van der Waals surface area (Å²) >= 11 is 0. The largest absolute Gasteiger partial charge is 0.350 e. The fourth-order valence-electron chi connectivity index (χ4n) is 2.06. The number of nitrogens with zero attached hydrogens (tertiary/aromatic N) is 2. The summed E-state index contributed by atoms with van der Waals surface area (Å²) in [5.41, 5.74) is 7.29. The summed E-state index contributed by atoms with van der Waals surface area (Å²) in [6, 6.07) is 0. The van der Waals surface area contributed by atoms with Gasteiger partial charge in [-0.05, 0) is 32.6 Å². The van der Waals surface area contributed by atoms with Gasteiger partial charge in [0.25, 0.3) is 0 Å². The highest BCUT2D eigenvalue weighted by molar-refractivity contribution is 5.86. The van der Waals surface area contributed by atoms with Crippen molar-refractivity contribution >= 4 is 5.91 Å². The standard InChI is InChI=1S/C12H20N4O/c1-8-9(7-16(3)15-8)6-14-11(17)12(2,13)10-4-5-10/h7,10H,4-6,13H2,1-3H3,(H,14,17). The molecule has 0 aliphatic heterocycles. The molecule has 0 bridgehead atoms. The third kappa shape index (κ3) is 2.49. The van der Waals surface area contributed by atoms with E-state index in [0.29, 0.717) is 12.5 Å². The molecule has 1 atom stereocenters. The summed E-state index contributed by atoms with van der Waals surface area (Å²) in [4.78, 5) is 12.0. The van der Waals surface area contributed by atoms with E-state index in [2.05, 4.69) is 10.4 Å². The minimum absolute atomic E-state index is 0.0664. The summed E-state index contributed by atoms with van der Waals surface area (Å²) < 4.78 is 1.75. The molecule has 1 saturated carbocycles. The van der Waals surface area contributed by atoms with Gasteiger partial charge in [0.2, 0.25) is 5.91 Å². The Morgan fingerprint density at radius 1 is 1.71 bits per heavy atom. The third-order valence-electron chi connectivity index (χ3n) is 3.47. The zero-order valence-corrected chi connectivity index (χ0v) is 10.7. The summed E-state index contributed by atoms with van der Waals surface area (Å²) in [5.74, 6) is 0.278. The first kappa shape index (κ1) is 12.1. The van der Waals surface area contributed by atoms with Crippen LogP contribution in [0.5, 0.6) is 0 Å². The second-order valence-corrected chi connectivity index (χ2v) is 5.15. The Labute approximate surface area is 101 Å². The van der Waals surface area contributed by atoms with Crippen molar-refractivity contribution in [2.24, 2.45) is 18.7 Å².